The van der Waals surface area contributed by atoms with Gasteiger partial charge in [0.15, 0.2) is 0 Å². The van der Waals surface area contributed by atoms with Crippen LogP contribution in [0.3, 0.4) is 0 Å². The first-order chi connectivity index (χ1) is 8.13. The summed E-state index contributed by atoms with van der Waals surface area (Å²) >= 11 is 5.81. The van der Waals surface area contributed by atoms with E-state index < -0.39 is 0 Å². The van der Waals surface area contributed by atoms with E-state index in [0.29, 0.717) is 17.3 Å². The second kappa shape index (κ2) is 7.28. The molecule has 17 heavy (non-hydrogen) atoms. The molecule has 3 nitrogen and oxygen atoms in total. The molecule has 1 amide bonds. The highest BCUT2D eigenvalue weighted by Gasteiger charge is 2.04. The summed E-state index contributed by atoms with van der Waals surface area (Å²) in [5, 5.41) is 3.30. The van der Waals surface area contributed by atoms with E-state index in [0.717, 1.165) is 18.4 Å². The van der Waals surface area contributed by atoms with E-state index in [2.05, 4.69) is 17.2 Å². The van der Waals surface area contributed by atoms with Gasteiger partial charge >= 0.3 is 0 Å². The zero-order chi connectivity index (χ0) is 12.7. The molecule has 0 fully saturated rings. The summed E-state index contributed by atoms with van der Waals surface area (Å²) in [7, 11) is 0. The van der Waals surface area contributed by atoms with Gasteiger partial charge in [0.1, 0.15) is 5.15 Å². The lowest BCUT2D eigenvalue weighted by Gasteiger charge is -2.06. The van der Waals surface area contributed by atoms with Crippen LogP contribution in [-0.2, 0) is 4.79 Å². The fourth-order valence-electron chi connectivity index (χ4n) is 1.56. The predicted octanol–water partition coefficient (Wildman–Crippen LogP) is 3.95. The second-order valence-corrected chi connectivity index (χ2v) is 4.55. The third-order valence-electron chi connectivity index (χ3n) is 2.56. The van der Waals surface area contributed by atoms with Gasteiger partial charge < -0.3 is 5.32 Å². The molecule has 0 aliphatic heterocycles. The van der Waals surface area contributed by atoms with E-state index in [-0.39, 0.29) is 5.91 Å². The fraction of sp³-hybridized carbons (Fsp3) is 0.538. The highest BCUT2D eigenvalue weighted by atomic mass is 35.5. The molecule has 1 rings (SSSR count). The average Bonchev–Trinajstić information content (AvgIpc) is 2.30. The first-order valence-electron chi connectivity index (χ1n) is 6.05. The van der Waals surface area contributed by atoms with Gasteiger partial charge in [0, 0.05) is 6.42 Å². The Hall–Kier alpha value is -1.09. The minimum Gasteiger partial charge on any atom is -0.325 e. The normalized spacial score (nSPS) is 10.3. The number of unbranched alkanes of at least 4 members (excludes halogenated alkanes) is 3. The van der Waals surface area contributed by atoms with E-state index in [9.17, 15) is 4.79 Å². The van der Waals surface area contributed by atoms with E-state index >= 15 is 0 Å². The van der Waals surface area contributed by atoms with Crippen LogP contribution < -0.4 is 5.32 Å². The zero-order valence-electron chi connectivity index (χ0n) is 10.4. The molecule has 0 atom stereocenters. The molecule has 1 heterocycles. The van der Waals surface area contributed by atoms with Crippen LogP contribution in [0.5, 0.6) is 0 Å². The Balaban J connectivity index is 2.37. The van der Waals surface area contributed by atoms with Crippen molar-refractivity contribution in [2.24, 2.45) is 0 Å². The van der Waals surface area contributed by atoms with Crippen LogP contribution in [0.2, 0.25) is 5.15 Å². The van der Waals surface area contributed by atoms with Gasteiger partial charge in [-0.3, -0.25) is 4.79 Å². The second-order valence-electron chi connectivity index (χ2n) is 4.19. The Morgan fingerprint density at radius 3 is 2.82 bits per heavy atom. The number of nitrogens with zero attached hydrogens (tertiary/aromatic N) is 1. The highest BCUT2D eigenvalue weighted by molar-refractivity contribution is 6.30. The van der Waals surface area contributed by atoms with Gasteiger partial charge in [-0.25, -0.2) is 4.98 Å². The van der Waals surface area contributed by atoms with Crippen molar-refractivity contribution in [3.63, 3.8) is 0 Å². The van der Waals surface area contributed by atoms with E-state index in [4.69, 9.17) is 11.6 Å². The predicted molar refractivity (Wildman–Crippen MR) is 71.4 cm³/mol. The molecule has 94 valence electrons. The van der Waals surface area contributed by atoms with Crippen molar-refractivity contribution in [2.45, 2.75) is 46.0 Å². The number of nitrogens with one attached hydrogen (secondary N) is 1. The zero-order valence-corrected chi connectivity index (χ0v) is 11.2. The highest BCUT2D eigenvalue weighted by Crippen LogP contribution is 2.16. The number of carbonyl (C=O) groups is 1. The van der Waals surface area contributed by atoms with Gasteiger partial charge in [0.2, 0.25) is 5.91 Å². The number of hydrogen-bond acceptors (Lipinski definition) is 2. The Labute approximate surface area is 108 Å². The molecule has 0 saturated heterocycles. The SMILES string of the molecule is CCCCCCC(=O)Nc1cnc(Cl)c(C)c1. The number of anilines is 1. The topological polar surface area (TPSA) is 42.0 Å². The fourth-order valence-corrected chi connectivity index (χ4v) is 1.67. The van der Waals surface area contributed by atoms with Crippen molar-refractivity contribution in [3.05, 3.63) is 23.0 Å². The summed E-state index contributed by atoms with van der Waals surface area (Å²) in [5.41, 5.74) is 1.59. The first-order valence-corrected chi connectivity index (χ1v) is 6.43. The van der Waals surface area contributed by atoms with Gasteiger partial charge in [-0.1, -0.05) is 37.8 Å². The minimum absolute atomic E-state index is 0.0459. The first kappa shape index (κ1) is 14.0. The molecular formula is C13H19ClN2O. The lowest BCUT2D eigenvalue weighted by molar-refractivity contribution is -0.116. The van der Waals surface area contributed by atoms with E-state index in [1.54, 1.807) is 6.20 Å². The molecular weight excluding hydrogens is 236 g/mol. The van der Waals surface area contributed by atoms with Crippen LogP contribution >= 0.6 is 11.6 Å². The molecule has 0 bridgehead atoms. The number of pyridine rings is 1. The van der Waals surface area contributed by atoms with Gasteiger partial charge in [0.25, 0.3) is 0 Å². The number of halogens is 1. The molecule has 0 aromatic carbocycles. The third kappa shape index (κ3) is 5.18. The van der Waals surface area contributed by atoms with Gasteiger partial charge in [-0.2, -0.15) is 0 Å². The number of carbonyl (C=O) groups excluding carboxylic acids is 1. The Morgan fingerprint density at radius 2 is 2.18 bits per heavy atom. The molecule has 0 spiro atoms. The van der Waals surface area contributed by atoms with Crippen LogP contribution in [0, 0.1) is 6.92 Å². The Kier molecular flexibility index (Phi) is 5.98. The van der Waals surface area contributed by atoms with Crippen molar-refractivity contribution < 1.29 is 4.79 Å². The molecule has 1 aromatic rings. The Bertz CT molecular complexity index is 380. The van der Waals surface area contributed by atoms with Crippen LogP contribution in [0.15, 0.2) is 12.3 Å². The number of aryl methyl sites for hydroxylation is 1. The van der Waals surface area contributed by atoms with Gasteiger partial charge in [-0.15, -0.1) is 0 Å². The van der Waals surface area contributed by atoms with Crippen molar-refractivity contribution in [3.8, 4) is 0 Å². The number of aromatic nitrogens is 1. The monoisotopic (exact) mass is 254 g/mol. The number of amides is 1. The molecule has 0 unspecified atom stereocenters. The molecule has 1 N–H and O–H groups in total. The van der Waals surface area contributed by atoms with Crippen LogP contribution in [-0.4, -0.2) is 10.9 Å². The van der Waals surface area contributed by atoms with Crippen molar-refractivity contribution in [1.29, 1.82) is 0 Å². The van der Waals surface area contributed by atoms with Crippen LogP contribution in [0.1, 0.15) is 44.6 Å². The maximum absolute atomic E-state index is 11.6. The summed E-state index contributed by atoms with van der Waals surface area (Å²) in [6, 6.07) is 1.83. The smallest absolute Gasteiger partial charge is 0.224 e. The molecule has 0 aliphatic carbocycles. The standard InChI is InChI=1S/C13H19ClN2O/c1-3-4-5-6-7-12(17)16-11-8-10(2)13(14)15-9-11/h8-9H,3-7H2,1-2H3,(H,16,17). The molecule has 1 aromatic heterocycles. The molecule has 0 saturated carbocycles. The minimum atomic E-state index is 0.0459. The average molecular weight is 255 g/mol. The maximum Gasteiger partial charge on any atom is 0.224 e. The van der Waals surface area contributed by atoms with Crippen LogP contribution in [0.4, 0.5) is 5.69 Å². The summed E-state index contributed by atoms with van der Waals surface area (Å²) in [6.45, 7) is 4.02. The lowest BCUT2D eigenvalue weighted by atomic mass is 10.1. The maximum atomic E-state index is 11.6. The summed E-state index contributed by atoms with van der Waals surface area (Å²) in [4.78, 5) is 15.6. The van der Waals surface area contributed by atoms with Crippen molar-refractivity contribution in [2.75, 3.05) is 5.32 Å². The van der Waals surface area contributed by atoms with E-state index in [1.807, 2.05) is 13.0 Å². The van der Waals surface area contributed by atoms with Gasteiger partial charge in [-0.05, 0) is 25.0 Å². The summed E-state index contributed by atoms with van der Waals surface area (Å²) < 4.78 is 0. The van der Waals surface area contributed by atoms with Crippen molar-refractivity contribution in [1.82, 2.24) is 4.98 Å². The van der Waals surface area contributed by atoms with Crippen LogP contribution in [0.25, 0.3) is 0 Å². The van der Waals surface area contributed by atoms with E-state index in [1.165, 1.54) is 12.8 Å². The number of rotatable bonds is 6. The van der Waals surface area contributed by atoms with Gasteiger partial charge in [0.05, 0.1) is 11.9 Å². The Morgan fingerprint density at radius 1 is 1.41 bits per heavy atom. The summed E-state index contributed by atoms with van der Waals surface area (Å²) in [5.74, 6) is 0.0459. The largest absolute Gasteiger partial charge is 0.325 e. The summed E-state index contributed by atoms with van der Waals surface area (Å²) in [6.07, 6.45) is 6.58. The number of hydrogen-bond donors (Lipinski definition) is 1. The molecule has 0 radical (unpaired) electrons. The quantitative estimate of drug-likeness (QED) is 0.617. The lowest BCUT2D eigenvalue weighted by Crippen LogP contribution is -2.11. The van der Waals surface area contributed by atoms with Crippen molar-refractivity contribution >= 4 is 23.2 Å². The molecule has 0 aliphatic rings. The third-order valence-corrected chi connectivity index (χ3v) is 2.95. The molecule has 4 heteroatoms.